The normalized spacial score (nSPS) is 21.8. The van der Waals surface area contributed by atoms with Crippen LogP contribution in [0.1, 0.15) is 36.4 Å². The van der Waals surface area contributed by atoms with E-state index in [1.165, 1.54) is 5.56 Å². The summed E-state index contributed by atoms with van der Waals surface area (Å²) in [4.78, 5) is 9.58. The molecule has 1 atom stereocenters. The number of hydrogen-bond donors (Lipinski definition) is 3. The van der Waals surface area contributed by atoms with Crippen LogP contribution in [0.2, 0.25) is 5.02 Å². The average Bonchev–Trinajstić information content (AvgIpc) is 3.15. The molecule has 2 heterocycles. The van der Waals surface area contributed by atoms with E-state index in [1.807, 2.05) is 42.5 Å². The van der Waals surface area contributed by atoms with Crippen molar-refractivity contribution in [3.05, 3.63) is 76.0 Å². The highest BCUT2D eigenvalue weighted by Crippen LogP contribution is 2.39. The zero-order chi connectivity index (χ0) is 19.8. The van der Waals surface area contributed by atoms with Crippen molar-refractivity contribution in [1.29, 1.82) is 0 Å². The third-order valence-electron chi connectivity index (χ3n) is 5.47. The Morgan fingerprint density at radius 3 is 2.76 bits per heavy atom. The molecule has 7 heteroatoms. The molecule has 0 radical (unpaired) electrons. The molecule has 0 saturated heterocycles. The van der Waals surface area contributed by atoms with Crippen molar-refractivity contribution < 1.29 is 5.21 Å². The molecule has 0 amide bonds. The maximum Gasteiger partial charge on any atom is 0.201 e. The third kappa shape index (κ3) is 3.29. The molecule has 0 fully saturated rings. The number of nitrogens with one attached hydrogen (secondary N) is 2. The average molecular weight is 406 g/mol. The lowest BCUT2D eigenvalue weighted by atomic mass is 9.85. The van der Waals surface area contributed by atoms with Crippen molar-refractivity contribution in [3.63, 3.8) is 0 Å². The summed E-state index contributed by atoms with van der Waals surface area (Å²) in [7, 11) is 0. The molecule has 0 bridgehead atoms. The fourth-order valence-electron chi connectivity index (χ4n) is 4.13. The number of para-hydroxylation sites is 1. The highest BCUT2D eigenvalue weighted by molar-refractivity contribution is 6.31. The van der Waals surface area contributed by atoms with Gasteiger partial charge in [-0.05, 0) is 42.5 Å². The predicted octanol–water partition coefficient (Wildman–Crippen LogP) is 4.48. The van der Waals surface area contributed by atoms with Crippen LogP contribution in [0.3, 0.4) is 0 Å². The van der Waals surface area contributed by atoms with Gasteiger partial charge in [0.25, 0.3) is 0 Å². The number of amidine groups is 1. The molecule has 3 aliphatic rings. The van der Waals surface area contributed by atoms with Crippen molar-refractivity contribution in [1.82, 2.24) is 10.6 Å². The molecule has 2 aromatic carbocycles. The number of guanidine groups is 1. The van der Waals surface area contributed by atoms with E-state index in [0.29, 0.717) is 16.7 Å². The van der Waals surface area contributed by atoms with Gasteiger partial charge in [-0.25, -0.2) is 9.98 Å². The van der Waals surface area contributed by atoms with Crippen LogP contribution in [0.4, 0.5) is 5.69 Å². The van der Waals surface area contributed by atoms with Gasteiger partial charge in [-0.2, -0.15) is 0 Å². The monoisotopic (exact) mass is 405 g/mol. The molecular formula is C22H20ClN5O. The molecule has 3 N–H and O–H groups in total. The van der Waals surface area contributed by atoms with Gasteiger partial charge in [-0.1, -0.05) is 53.2 Å². The summed E-state index contributed by atoms with van der Waals surface area (Å²) in [5.41, 5.74) is 5.67. The summed E-state index contributed by atoms with van der Waals surface area (Å²) in [6, 6.07) is 15.5. The number of aliphatic imine (C=N–C) groups is 2. The van der Waals surface area contributed by atoms with Crippen LogP contribution in [-0.4, -0.2) is 22.7 Å². The Labute approximate surface area is 173 Å². The van der Waals surface area contributed by atoms with Gasteiger partial charge in [0.2, 0.25) is 5.96 Å². The molecule has 146 valence electrons. The molecule has 1 aliphatic carbocycles. The zero-order valence-electron chi connectivity index (χ0n) is 15.7. The van der Waals surface area contributed by atoms with E-state index >= 15 is 0 Å². The molecule has 2 aliphatic heterocycles. The van der Waals surface area contributed by atoms with Crippen molar-refractivity contribution in [2.75, 3.05) is 0 Å². The largest absolute Gasteiger partial charge is 0.411 e. The highest BCUT2D eigenvalue weighted by atomic mass is 35.5. The van der Waals surface area contributed by atoms with Crippen LogP contribution >= 0.6 is 11.6 Å². The first-order valence-corrected chi connectivity index (χ1v) is 10.1. The van der Waals surface area contributed by atoms with Gasteiger partial charge in [0, 0.05) is 22.7 Å². The van der Waals surface area contributed by atoms with E-state index in [0.717, 1.165) is 54.0 Å². The number of nitrogens with zero attached hydrogens (tertiary/aromatic N) is 3. The Morgan fingerprint density at radius 2 is 1.93 bits per heavy atom. The van der Waals surface area contributed by atoms with Crippen molar-refractivity contribution >= 4 is 34.8 Å². The van der Waals surface area contributed by atoms with Gasteiger partial charge < -0.3 is 15.8 Å². The van der Waals surface area contributed by atoms with Gasteiger partial charge in [0.05, 0.1) is 11.4 Å². The van der Waals surface area contributed by atoms with E-state index in [1.54, 1.807) is 0 Å². The Morgan fingerprint density at radius 1 is 1.10 bits per heavy atom. The zero-order valence-corrected chi connectivity index (χ0v) is 16.4. The van der Waals surface area contributed by atoms with Gasteiger partial charge in [0.1, 0.15) is 11.9 Å². The minimum atomic E-state index is -0.335. The van der Waals surface area contributed by atoms with Crippen LogP contribution in [0.5, 0.6) is 0 Å². The standard InChI is InChI=1S/C22H20ClN5O/c23-15-8-3-2-7-14(15)21-20-17(10-5-11-18(20)28-29)25-22(27-21)26-19-12-13-6-1-4-9-16(13)24-19/h1-4,6-9,21,29H,5,10-12H2,(H2,24,25,26,27)/b28-18+. The first-order chi connectivity index (χ1) is 14.2. The molecule has 2 aromatic rings. The van der Waals surface area contributed by atoms with E-state index in [2.05, 4.69) is 26.8 Å². The lowest BCUT2D eigenvalue weighted by molar-refractivity contribution is 0.316. The Bertz CT molecular complexity index is 1100. The topological polar surface area (TPSA) is 81.4 Å². The molecule has 29 heavy (non-hydrogen) atoms. The van der Waals surface area contributed by atoms with E-state index in [4.69, 9.17) is 16.6 Å². The first kappa shape index (κ1) is 17.9. The Kier molecular flexibility index (Phi) is 4.56. The molecule has 6 nitrogen and oxygen atoms in total. The smallest absolute Gasteiger partial charge is 0.201 e. The van der Waals surface area contributed by atoms with Crippen LogP contribution in [0, 0.1) is 0 Å². The summed E-state index contributed by atoms with van der Waals surface area (Å²) >= 11 is 6.50. The van der Waals surface area contributed by atoms with Crippen molar-refractivity contribution in [3.8, 4) is 0 Å². The summed E-state index contributed by atoms with van der Waals surface area (Å²) in [6.45, 7) is 0. The van der Waals surface area contributed by atoms with Crippen LogP contribution < -0.4 is 10.6 Å². The molecule has 0 spiro atoms. The Hall–Kier alpha value is -3.12. The molecule has 0 saturated carbocycles. The summed E-state index contributed by atoms with van der Waals surface area (Å²) in [5, 5.41) is 20.5. The number of hydrogen-bond acceptors (Lipinski definition) is 6. The van der Waals surface area contributed by atoms with Crippen molar-refractivity contribution in [2.45, 2.75) is 31.7 Å². The number of rotatable bonds is 1. The fraction of sp³-hybridized carbons (Fsp3) is 0.227. The number of benzene rings is 2. The second-order valence-corrected chi connectivity index (χ2v) is 7.72. The summed E-state index contributed by atoms with van der Waals surface area (Å²) in [5.74, 6) is 1.49. The number of fused-ring (bicyclic) bond motifs is 1. The van der Waals surface area contributed by atoms with E-state index in [-0.39, 0.29) is 6.04 Å². The molecule has 0 aromatic heterocycles. The fourth-order valence-corrected chi connectivity index (χ4v) is 4.37. The SMILES string of the molecule is O/N=C1\CCCC2=C1C(c1ccccc1Cl)N=C(NC1=Nc3ccccc3C1)N2. The third-order valence-corrected chi connectivity index (χ3v) is 5.81. The maximum atomic E-state index is 9.57. The quantitative estimate of drug-likeness (QED) is 0.483. The molecule has 1 unspecified atom stereocenters. The van der Waals surface area contributed by atoms with Crippen LogP contribution in [-0.2, 0) is 6.42 Å². The minimum absolute atomic E-state index is 0.335. The lowest BCUT2D eigenvalue weighted by Crippen LogP contribution is -2.45. The van der Waals surface area contributed by atoms with Crippen molar-refractivity contribution in [2.24, 2.45) is 15.1 Å². The maximum absolute atomic E-state index is 9.57. The van der Waals surface area contributed by atoms with Gasteiger partial charge in [0.15, 0.2) is 0 Å². The van der Waals surface area contributed by atoms with Gasteiger partial charge >= 0.3 is 0 Å². The van der Waals surface area contributed by atoms with Gasteiger partial charge in [-0.3, -0.25) is 0 Å². The molecular weight excluding hydrogens is 386 g/mol. The number of oxime groups is 1. The first-order valence-electron chi connectivity index (χ1n) is 9.69. The summed E-state index contributed by atoms with van der Waals surface area (Å²) < 4.78 is 0. The lowest BCUT2D eigenvalue weighted by Gasteiger charge is -2.32. The second-order valence-electron chi connectivity index (χ2n) is 7.31. The van der Waals surface area contributed by atoms with E-state index < -0.39 is 0 Å². The minimum Gasteiger partial charge on any atom is -0.411 e. The number of allylic oxidation sites excluding steroid dienone is 1. The predicted molar refractivity (Wildman–Crippen MR) is 115 cm³/mol. The Balaban J connectivity index is 1.51. The summed E-state index contributed by atoms with van der Waals surface area (Å²) in [6.07, 6.45) is 3.24. The second kappa shape index (κ2) is 7.37. The number of halogens is 1. The van der Waals surface area contributed by atoms with Gasteiger partial charge in [-0.15, -0.1) is 0 Å². The molecule has 5 rings (SSSR count). The van der Waals surface area contributed by atoms with E-state index in [9.17, 15) is 5.21 Å². The highest BCUT2D eigenvalue weighted by Gasteiger charge is 2.33. The van der Waals surface area contributed by atoms with Crippen LogP contribution in [0.25, 0.3) is 0 Å². The van der Waals surface area contributed by atoms with Crippen LogP contribution in [0.15, 0.2) is 74.9 Å².